The van der Waals surface area contributed by atoms with Gasteiger partial charge in [0.15, 0.2) is 0 Å². The van der Waals surface area contributed by atoms with Crippen molar-refractivity contribution in [2.24, 2.45) is 0 Å². The third kappa shape index (κ3) is 12.1. The molecule has 1 N–H and O–H groups in total. The molecule has 0 saturated carbocycles. The van der Waals surface area contributed by atoms with Crippen molar-refractivity contribution in [1.82, 2.24) is 0 Å². The number of carbonyl (C=O) groups is 1. The molecule has 0 spiro atoms. The fraction of sp³-hybridized carbons (Fsp3) is 0.128. The molecule has 0 aromatic heterocycles. The quantitative estimate of drug-likeness (QED) is 0.0568. The average molecular weight is 982 g/mol. The maximum atomic E-state index is 12.3. The molecular weight excluding hydrogens is 938 g/mol. The Balaban J connectivity index is 0.000000187. The van der Waals surface area contributed by atoms with E-state index in [0.717, 1.165) is 12.8 Å². The molecular formula is C47H44I2NNiOP. The average Bonchev–Trinajstić information content (AvgIpc) is 3.17. The van der Waals surface area contributed by atoms with Crippen molar-refractivity contribution in [1.29, 1.82) is 0 Å². The first-order chi connectivity index (χ1) is 25.2. The Bertz CT molecular complexity index is 1980. The minimum Gasteiger partial charge on any atom is -0.360 e. The summed E-state index contributed by atoms with van der Waals surface area (Å²) in [4.78, 5) is 12.3. The van der Waals surface area contributed by atoms with E-state index in [1.165, 1.54) is 37.8 Å². The summed E-state index contributed by atoms with van der Waals surface area (Å²) in [6, 6.07) is 56.3. The van der Waals surface area contributed by atoms with Crippen LogP contribution in [0.15, 0.2) is 183 Å². The number of halogens is 2. The SMILES string of the molecule is CC(C)c1cccc(C(C)C)c1NC=C1C=C(I)C=C(I)C1=O.[Ni].[c-]1cccc2ccccc12.c1ccc([PH+](c2ccccc2)c2ccccc2)cc1. The van der Waals surface area contributed by atoms with Crippen LogP contribution in [0, 0.1) is 6.07 Å². The number of allylic oxidation sites excluding steroid dienone is 5. The molecule has 0 bridgehead atoms. The Morgan fingerprint density at radius 3 is 1.57 bits per heavy atom. The maximum absolute atomic E-state index is 12.3. The summed E-state index contributed by atoms with van der Waals surface area (Å²) in [6.07, 6.45) is 5.67. The summed E-state index contributed by atoms with van der Waals surface area (Å²) < 4.78 is 1.82. The Morgan fingerprint density at radius 1 is 0.604 bits per heavy atom. The van der Waals surface area contributed by atoms with Crippen molar-refractivity contribution in [2.75, 3.05) is 5.32 Å². The second-order valence-electron chi connectivity index (χ2n) is 12.9. The number of fused-ring (bicyclic) bond motifs is 1. The van der Waals surface area contributed by atoms with Crippen molar-refractivity contribution >= 4 is 91.3 Å². The van der Waals surface area contributed by atoms with E-state index in [4.69, 9.17) is 0 Å². The molecule has 2 nitrogen and oxygen atoms in total. The molecule has 0 fully saturated rings. The van der Waals surface area contributed by atoms with Crippen molar-refractivity contribution < 1.29 is 21.3 Å². The van der Waals surface area contributed by atoms with E-state index < -0.39 is 7.92 Å². The molecule has 6 heteroatoms. The summed E-state index contributed by atoms with van der Waals surface area (Å²) in [5, 5.41) is 10.2. The van der Waals surface area contributed by atoms with Crippen LogP contribution in [0.1, 0.15) is 50.7 Å². The minimum atomic E-state index is -0.877. The first-order valence-corrected chi connectivity index (χ1v) is 21.2. The second kappa shape index (κ2) is 21.5. The normalized spacial score (nSPS) is 13.0. The van der Waals surface area contributed by atoms with Crippen LogP contribution < -0.4 is 21.2 Å². The largest absolute Gasteiger partial charge is 0.360 e. The molecule has 1 aliphatic rings. The standard InChI is InChI=1S/C19H21I2NO.C18H15P.C10H7.Ni/c1-11(2)15-6-5-7-16(12(3)4)18(15)22-10-13-8-14(20)9-17(21)19(13)23;1-4-10-16(11-5-1)19(17-12-6-2-7-13-17)18-14-8-3-9-15-18;1-2-6-10-8-4-3-7-9(10)5-1;/h5-12,22H,1-4H3;1-15H;1-7H;/q;;-1;/p+1. The molecule has 0 amide bonds. The van der Waals surface area contributed by atoms with E-state index >= 15 is 0 Å². The number of nitrogens with one attached hydrogen (secondary N) is 1. The summed E-state index contributed by atoms with van der Waals surface area (Å²) >= 11 is 4.34. The first-order valence-electron chi connectivity index (χ1n) is 17.5. The van der Waals surface area contributed by atoms with E-state index in [9.17, 15) is 4.79 Å². The zero-order valence-electron chi connectivity index (χ0n) is 30.3. The van der Waals surface area contributed by atoms with Gasteiger partial charge in [-0.05, 0) is 117 Å². The molecule has 7 rings (SSSR count). The molecule has 0 aliphatic heterocycles. The van der Waals surface area contributed by atoms with Gasteiger partial charge in [0.2, 0.25) is 5.78 Å². The Labute approximate surface area is 354 Å². The Morgan fingerprint density at radius 2 is 1.08 bits per heavy atom. The third-order valence-electron chi connectivity index (χ3n) is 8.54. The molecule has 0 radical (unpaired) electrons. The van der Waals surface area contributed by atoms with Crippen molar-refractivity contribution in [3.05, 3.63) is 200 Å². The van der Waals surface area contributed by atoms with Gasteiger partial charge in [-0.2, -0.15) is 0 Å². The zero-order chi connectivity index (χ0) is 36.9. The first kappa shape index (κ1) is 42.4. The number of hydrogen-bond acceptors (Lipinski definition) is 2. The molecule has 0 unspecified atom stereocenters. The summed E-state index contributed by atoms with van der Waals surface area (Å²) in [5.41, 5.74) is 4.39. The third-order valence-corrected chi connectivity index (χ3v) is 12.7. The molecule has 0 atom stereocenters. The molecule has 1 aliphatic carbocycles. The van der Waals surface area contributed by atoms with Gasteiger partial charge >= 0.3 is 0 Å². The number of para-hydroxylation sites is 1. The van der Waals surface area contributed by atoms with Gasteiger partial charge in [0.1, 0.15) is 15.9 Å². The van der Waals surface area contributed by atoms with Gasteiger partial charge in [0.05, 0.1) is 11.5 Å². The van der Waals surface area contributed by atoms with E-state index in [1.807, 2.05) is 42.6 Å². The van der Waals surface area contributed by atoms with E-state index in [1.54, 1.807) is 0 Å². The van der Waals surface area contributed by atoms with Crippen LogP contribution >= 0.6 is 53.1 Å². The Hall–Kier alpha value is -3.35. The molecule has 6 aromatic rings. The molecule has 6 aromatic carbocycles. The maximum Gasteiger partial charge on any atom is 0.200 e. The number of ketones is 1. The molecule has 272 valence electrons. The van der Waals surface area contributed by atoms with Crippen LogP contribution in [0.5, 0.6) is 0 Å². The van der Waals surface area contributed by atoms with E-state index in [2.05, 4.69) is 212 Å². The van der Waals surface area contributed by atoms with Gasteiger partial charge in [-0.3, -0.25) is 4.79 Å². The van der Waals surface area contributed by atoms with Crippen LogP contribution in [-0.2, 0) is 21.3 Å². The van der Waals surface area contributed by atoms with Crippen LogP contribution in [0.3, 0.4) is 0 Å². The minimum absolute atomic E-state index is 0. The van der Waals surface area contributed by atoms with Crippen LogP contribution in [0.25, 0.3) is 10.8 Å². The van der Waals surface area contributed by atoms with E-state index in [-0.39, 0.29) is 22.3 Å². The van der Waals surface area contributed by atoms with Gasteiger partial charge in [-0.25, -0.2) is 0 Å². The number of Topliss-reactive ketones (excluding diaryl/α,β-unsaturated/α-hetero) is 1. The zero-order valence-corrected chi connectivity index (χ0v) is 36.6. The summed E-state index contributed by atoms with van der Waals surface area (Å²) in [7, 11) is -0.877. The molecule has 0 saturated heterocycles. The number of carbonyl (C=O) groups excluding carboxylic acids is 1. The topological polar surface area (TPSA) is 29.1 Å². The molecule has 0 heterocycles. The summed E-state index contributed by atoms with van der Waals surface area (Å²) in [6.45, 7) is 8.77. The number of hydrogen-bond donors (Lipinski definition) is 1. The van der Waals surface area contributed by atoms with Gasteiger partial charge in [-0.15, -0.1) is 47.2 Å². The van der Waals surface area contributed by atoms with Gasteiger partial charge in [0, 0.05) is 37.5 Å². The second-order valence-corrected chi connectivity index (χ2v) is 17.8. The fourth-order valence-corrected chi connectivity index (χ4v) is 10.4. The Kier molecular flexibility index (Phi) is 17.2. The summed E-state index contributed by atoms with van der Waals surface area (Å²) in [5.74, 6) is 0.923. The van der Waals surface area contributed by atoms with Crippen LogP contribution in [0.4, 0.5) is 5.69 Å². The van der Waals surface area contributed by atoms with Gasteiger partial charge in [-0.1, -0.05) is 113 Å². The number of rotatable bonds is 7. The van der Waals surface area contributed by atoms with Gasteiger partial charge < -0.3 is 5.32 Å². The monoisotopic (exact) mass is 981 g/mol. The van der Waals surface area contributed by atoms with Gasteiger partial charge in [0.25, 0.3) is 0 Å². The molecule has 53 heavy (non-hydrogen) atoms. The van der Waals surface area contributed by atoms with Crippen molar-refractivity contribution in [3.63, 3.8) is 0 Å². The smallest absolute Gasteiger partial charge is 0.200 e. The van der Waals surface area contributed by atoms with E-state index in [0.29, 0.717) is 17.4 Å². The number of anilines is 1. The van der Waals surface area contributed by atoms with Crippen LogP contribution in [0.2, 0.25) is 0 Å². The predicted octanol–water partition coefficient (Wildman–Crippen LogP) is 12.3. The van der Waals surface area contributed by atoms with Crippen molar-refractivity contribution in [3.8, 4) is 0 Å². The van der Waals surface area contributed by atoms with Crippen molar-refractivity contribution in [2.45, 2.75) is 39.5 Å². The fourth-order valence-electron chi connectivity index (χ4n) is 5.93. The number of benzene rings is 6. The van der Waals surface area contributed by atoms with Crippen LogP contribution in [-0.4, -0.2) is 5.78 Å². The predicted molar refractivity (Wildman–Crippen MR) is 245 cm³/mol.